The standard InChI is InChI=1S/C22H32/c1-3-4-18-7-11-20(12-8-18)22-15-13-21(14-16-22)19-9-5-17(2)6-10-19/h5-6,9-10,18,22H,3-4,7-8,11-16H2,1-2H3. The van der Waals surface area contributed by atoms with E-state index < -0.39 is 0 Å². The lowest BCUT2D eigenvalue weighted by molar-refractivity contribution is 0.286. The summed E-state index contributed by atoms with van der Waals surface area (Å²) in [5.41, 5.74) is 2.87. The maximum Gasteiger partial charge on any atom is 0.00500 e. The van der Waals surface area contributed by atoms with Crippen molar-refractivity contribution in [2.24, 2.45) is 11.8 Å². The smallest absolute Gasteiger partial charge is 0.00500 e. The van der Waals surface area contributed by atoms with Crippen LogP contribution in [0.2, 0.25) is 0 Å². The molecule has 0 heteroatoms. The van der Waals surface area contributed by atoms with Crippen molar-refractivity contribution in [1.29, 1.82) is 0 Å². The van der Waals surface area contributed by atoms with Gasteiger partial charge in [0.2, 0.25) is 0 Å². The molecule has 2 fully saturated rings. The first-order valence-corrected chi connectivity index (χ1v) is 9.52. The largest absolute Gasteiger partial charge is 0.0654 e. The summed E-state index contributed by atoms with van der Waals surface area (Å²) in [7, 11) is 0. The molecule has 0 amide bonds. The minimum atomic E-state index is 0.941. The zero-order chi connectivity index (χ0) is 15.4. The predicted molar refractivity (Wildman–Crippen MR) is 95.6 cm³/mol. The number of hydrogen-bond donors (Lipinski definition) is 0. The van der Waals surface area contributed by atoms with E-state index in [9.17, 15) is 0 Å². The second kappa shape index (κ2) is 7.66. The minimum absolute atomic E-state index is 0.941. The van der Waals surface area contributed by atoms with Gasteiger partial charge in [-0.15, -0.1) is 0 Å². The molecular weight excluding hydrogens is 264 g/mol. The third-order valence-corrected chi connectivity index (χ3v) is 6.07. The molecule has 1 aromatic carbocycles. The Kier molecular flexibility index (Phi) is 5.61. The predicted octanol–water partition coefficient (Wildman–Crippen LogP) is 6.67. The van der Waals surface area contributed by atoms with Crippen molar-refractivity contribution in [2.45, 2.75) is 78.1 Å². The molecule has 0 aromatic heterocycles. The van der Waals surface area contributed by atoms with Crippen LogP contribution < -0.4 is 0 Å². The molecule has 0 unspecified atom stereocenters. The van der Waals surface area contributed by atoms with E-state index >= 15 is 0 Å². The average molecular weight is 296 g/mol. The molecule has 1 aromatic rings. The molecule has 2 aliphatic carbocycles. The molecule has 120 valence electrons. The Morgan fingerprint density at radius 2 is 1.50 bits per heavy atom. The maximum absolute atomic E-state index is 2.34. The molecule has 22 heavy (non-hydrogen) atoms. The molecule has 3 rings (SSSR count). The molecule has 2 radical (unpaired) electrons. The van der Waals surface area contributed by atoms with Crippen LogP contribution in [-0.2, 0) is 0 Å². The van der Waals surface area contributed by atoms with Gasteiger partial charge in [0.25, 0.3) is 0 Å². The van der Waals surface area contributed by atoms with Crippen LogP contribution in [0.4, 0.5) is 0 Å². The van der Waals surface area contributed by atoms with Crippen molar-refractivity contribution >= 4 is 0 Å². The minimum Gasteiger partial charge on any atom is -0.0654 e. The van der Waals surface area contributed by atoms with Gasteiger partial charge in [0, 0.05) is 5.92 Å². The summed E-state index contributed by atoms with van der Waals surface area (Å²) in [6.45, 7) is 4.51. The maximum atomic E-state index is 2.34. The SMILES string of the molecule is CCCC1CC[C](C2CC[C](c3ccc(C)cc3)CC2)CC1. The lowest BCUT2D eigenvalue weighted by atomic mass is 9.68. The van der Waals surface area contributed by atoms with Crippen molar-refractivity contribution in [1.82, 2.24) is 0 Å². The molecule has 0 nitrogen and oxygen atoms in total. The Hall–Kier alpha value is -0.780. The fourth-order valence-corrected chi connectivity index (χ4v) is 4.61. The number of benzene rings is 1. The van der Waals surface area contributed by atoms with E-state index in [1.165, 1.54) is 75.3 Å². The van der Waals surface area contributed by atoms with Gasteiger partial charge < -0.3 is 0 Å². The summed E-state index contributed by atoms with van der Waals surface area (Å²) in [6, 6.07) is 9.18. The van der Waals surface area contributed by atoms with E-state index in [-0.39, 0.29) is 0 Å². The van der Waals surface area contributed by atoms with Crippen LogP contribution >= 0.6 is 0 Å². The number of hydrogen-bond acceptors (Lipinski definition) is 0. The van der Waals surface area contributed by atoms with Crippen LogP contribution in [-0.4, -0.2) is 0 Å². The van der Waals surface area contributed by atoms with Crippen LogP contribution in [0.25, 0.3) is 0 Å². The molecule has 0 heterocycles. The molecule has 0 spiro atoms. The Morgan fingerprint density at radius 1 is 0.864 bits per heavy atom. The molecule has 0 N–H and O–H groups in total. The summed E-state index contributed by atoms with van der Waals surface area (Å²) in [5, 5.41) is 0. The lowest BCUT2D eigenvalue weighted by Gasteiger charge is -2.37. The second-order valence-corrected chi connectivity index (χ2v) is 7.63. The first-order chi connectivity index (χ1) is 10.8. The normalized spacial score (nSPS) is 23.0. The van der Waals surface area contributed by atoms with Crippen LogP contribution in [0.3, 0.4) is 0 Å². The van der Waals surface area contributed by atoms with Crippen LogP contribution in [0, 0.1) is 30.6 Å². The van der Waals surface area contributed by atoms with Crippen molar-refractivity contribution < 1.29 is 0 Å². The van der Waals surface area contributed by atoms with E-state index in [0.29, 0.717) is 0 Å². The molecule has 0 saturated heterocycles. The quantitative estimate of drug-likeness (QED) is 0.582. The summed E-state index contributed by atoms with van der Waals surface area (Å²) in [6.07, 6.45) is 14.2. The highest BCUT2D eigenvalue weighted by molar-refractivity contribution is 5.33. The summed E-state index contributed by atoms with van der Waals surface area (Å²) in [4.78, 5) is 0. The van der Waals surface area contributed by atoms with E-state index in [1.807, 2.05) is 5.92 Å². The number of aryl methyl sites for hydroxylation is 1. The first kappa shape index (κ1) is 16.1. The van der Waals surface area contributed by atoms with Gasteiger partial charge in [-0.05, 0) is 81.6 Å². The van der Waals surface area contributed by atoms with E-state index in [1.54, 1.807) is 5.92 Å². The average Bonchev–Trinajstić information content (AvgIpc) is 2.57. The fraction of sp³-hybridized carbons (Fsp3) is 0.636. The molecule has 0 aliphatic heterocycles. The van der Waals surface area contributed by atoms with Gasteiger partial charge in [-0.3, -0.25) is 0 Å². The monoisotopic (exact) mass is 296 g/mol. The third-order valence-electron chi connectivity index (χ3n) is 6.07. The molecule has 2 saturated carbocycles. The van der Waals surface area contributed by atoms with Crippen molar-refractivity contribution in [2.75, 3.05) is 0 Å². The Labute approximate surface area is 137 Å². The summed E-state index contributed by atoms with van der Waals surface area (Å²) < 4.78 is 0. The van der Waals surface area contributed by atoms with Gasteiger partial charge in [-0.1, -0.05) is 49.6 Å². The van der Waals surface area contributed by atoms with Gasteiger partial charge in [0.15, 0.2) is 0 Å². The van der Waals surface area contributed by atoms with Gasteiger partial charge in [-0.25, -0.2) is 0 Å². The number of rotatable bonds is 4. The molecule has 0 bridgehead atoms. The van der Waals surface area contributed by atoms with Crippen molar-refractivity contribution in [3.05, 3.63) is 47.2 Å². The highest BCUT2D eigenvalue weighted by Crippen LogP contribution is 2.45. The van der Waals surface area contributed by atoms with Crippen LogP contribution in [0.1, 0.15) is 82.3 Å². The van der Waals surface area contributed by atoms with Crippen molar-refractivity contribution in [3.8, 4) is 0 Å². The van der Waals surface area contributed by atoms with Gasteiger partial charge in [0.05, 0.1) is 0 Å². The first-order valence-electron chi connectivity index (χ1n) is 9.52. The summed E-state index contributed by atoms with van der Waals surface area (Å²) in [5.74, 6) is 5.61. The van der Waals surface area contributed by atoms with Gasteiger partial charge in [-0.2, -0.15) is 0 Å². The van der Waals surface area contributed by atoms with Crippen LogP contribution in [0.15, 0.2) is 24.3 Å². The highest BCUT2D eigenvalue weighted by Gasteiger charge is 2.31. The van der Waals surface area contributed by atoms with E-state index in [4.69, 9.17) is 0 Å². The van der Waals surface area contributed by atoms with E-state index in [2.05, 4.69) is 38.1 Å². The molecular formula is C22H32. The Bertz CT molecular complexity index is 428. The Morgan fingerprint density at radius 3 is 2.09 bits per heavy atom. The van der Waals surface area contributed by atoms with Gasteiger partial charge in [0.1, 0.15) is 0 Å². The third kappa shape index (κ3) is 3.94. The van der Waals surface area contributed by atoms with Crippen LogP contribution in [0.5, 0.6) is 0 Å². The zero-order valence-corrected chi connectivity index (χ0v) is 14.5. The zero-order valence-electron chi connectivity index (χ0n) is 14.5. The van der Waals surface area contributed by atoms with E-state index in [0.717, 1.165) is 11.8 Å². The van der Waals surface area contributed by atoms with Gasteiger partial charge >= 0.3 is 0 Å². The fourth-order valence-electron chi connectivity index (χ4n) is 4.61. The molecule has 0 atom stereocenters. The lowest BCUT2D eigenvalue weighted by Crippen LogP contribution is -2.24. The molecule has 2 aliphatic rings. The highest BCUT2D eigenvalue weighted by atomic mass is 14.4. The summed E-state index contributed by atoms with van der Waals surface area (Å²) >= 11 is 0. The topological polar surface area (TPSA) is 0 Å². The Balaban J connectivity index is 1.47. The second-order valence-electron chi connectivity index (χ2n) is 7.63. The van der Waals surface area contributed by atoms with Crippen molar-refractivity contribution in [3.63, 3.8) is 0 Å².